The van der Waals surface area contributed by atoms with E-state index >= 15 is 0 Å². The number of aromatic nitrogens is 4. The van der Waals surface area contributed by atoms with E-state index in [1.165, 1.54) is 6.92 Å². The molecule has 1 aromatic carbocycles. The maximum absolute atomic E-state index is 12.3. The number of carbonyl (C=O) groups excluding carboxylic acids is 2. The van der Waals surface area contributed by atoms with Gasteiger partial charge in [-0.05, 0) is 54.8 Å². The van der Waals surface area contributed by atoms with E-state index in [0.29, 0.717) is 18.4 Å². The fourth-order valence-corrected chi connectivity index (χ4v) is 6.17. The van der Waals surface area contributed by atoms with Gasteiger partial charge in [0, 0.05) is 96.0 Å². The van der Waals surface area contributed by atoms with Gasteiger partial charge in [-0.15, -0.1) is 0 Å². The molecule has 3 aromatic heterocycles. The Morgan fingerprint density at radius 3 is 2.54 bits per heavy atom. The Morgan fingerprint density at radius 1 is 1.02 bits per heavy atom. The Hall–Kier alpha value is -4.13. The number of carbonyl (C=O) groups is 2. The zero-order valence-corrected chi connectivity index (χ0v) is 28.4. The third kappa shape index (κ3) is 9.21. The van der Waals surface area contributed by atoms with Crippen LogP contribution in [-0.4, -0.2) is 88.9 Å². The fraction of sp³-hybridized carbons (Fsp3) is 0.441. The molecular weight excluding hydrogens is 600 g/mol. The average Bonchev–Trinajstić information content (AvgIpc) is 3.50. The van der Waals surface area contributed by atoms with Crippen LogP contribution in [0.5, 0.6) is 11.6 Å². The second-order valence-electron chi connectivity index (χ2n) is 13.0. The molecule has 0 unspecified atom stereocenters. The van der Waals surface area contributed by atoms with Crippen LogP contribution in [0.1, 0.15) is 25.3 Å². The Balaban J connectivity index is 1.13. The van der Waals surface area contributed by atoms with Crippen molar-refractivity contribution >= 4 is 30.9 Å². The van der Waals surface area contributed by atoms with Gasteiger partial charge >= 0.3 is 5.97 Å². The zero-order chi connectivity index (χ0) is 32.7. The molecule has 1 saturated heterocycles. The summed E-state index contributed by atoms with van der Waals surface area (Å²) in [6.07, 6.45) is 7.22. The molecule has 1 amide bonds. The summed E-state index contributed by atoms with van der Waals surface area (Å²) in [5.41, 5.74) is 3.87. The standard InChI is InChI=1S/C34H44N6O5Si/c1-25(41)44-23-34(42)38(2)29-11-14-39(15-12-29)22-26-18-27-6-8-30(19-31(27)35-20-26)45-33-9-7-28(21-36-33)32-10-13-37-40(32)24-43-16-17-46(3,4)5/h6-10,13,18-21,29H,11-12,14-17,22-24H2,1-5H3. The summed E-state index contributed by atoms with van der Waals surface area (Å²) in [5.74, 6) is 0.560. The molecule has 0 radical (unpaired) electrons. The number of nitrogens with zero attached hydrogens (tertiary/aromatic N) is 6. The quantitative estimate of drug-likeness (QED) is 0.105. The third-order valence-electron chi connectivity index (χ3n) is 8.20. The Kier molecular flexibility index (Phi) is 10.8. The number of hydrogen-bond acceptors (Lipinski definition) is 9. The molecule has 5 rings (SSSR count). The molecule has 0 aliphatic carbocycles. The lowest BCUT2D eigenvalue weighted by Crippen LogP contribution is -2.46. The molecule has 0 bridgehead atoms. The summed E-state index contributed by atoms with van der Waals surface area (Å²) >= 11 is 0. The summed E-state index contributed by atoms with van der Waals surface area (Å²) in [5, 5.41) is 5.46. The van der Waals surface area contributed by atoms with Crippen molar-refractivity contribution in [2.45, 2.75) is 64.8 Å². The maximum Gasteiger partial charge on any atom is 0.303 e. The van der Waals surface area contributed by atoms with Crippen LogP contribution < -0.4 is 4.74 Å². The van der Waals surface area contributed by atoms with E-state index in [-0.39, 0.29) is 18.6 Å². The topological polar surface area (TPSA) is 112 Å². The third-order valence-corrected chi connectivity index (χ3v) is 9.90. The normalized spacial score (nSPS) is 14.4. The molecule has 11 nitrogen and oxygen atoms in total. The summed E-state index contributed by atoms with van der Waals surface area (Å²) < 4.78 is 18.7. The van der Waals surface area contributed by atoms with Crippen LogP contribution in [0.25, 0.3) is 22.2 Å². The summed E-state index contributed by atoms with van der Waals surface area (Å²) in [6, 6.07) is 15.1. The SMILES string of the molecule is CC(=O)OCC(=O)N(C)C1CCN(Cc2cnc3cc(Oc4ccc(-c5ccnn5COCC[Si](C)(C)C)cn4)ccc3c2)CC1. The number of rotatable bonds is 13. The highest BCUT2D eigenvalue weighted by Crippen LogP contribution is 2.27. The number of likely N-dealkylation sites (tertiary alicyclic amines) is 1. The van der Waals surface area contributed by atoms with Gasteiger partial charge in [-0.3, -0.25) is 19.5 Å². The van der Waals surface area contributed by atoms with Gasteiger partial charge < -0.3 is 19.1 Å². The van der Waals surface area contributed by atoms with Gasteiger partial charge in [0.2, 0.25) is 5.88 Å². The summed E-state index contributed by atoms with van der Waals surface area (Å²) in [7, 11) is 0.648. The van der Waals surface area contributed by atoms with E-state index in [4.69, 9.17) is 19.2 Å². The van der Waals surface area contributed by atoms with E-state index in [1.54, 1.807) is 24.3 Å². The van der Waals surface area contributed by atoms with Crippen molar-refractivity contribution < 1.29 is 23.8 Å². The zero-order valence-electron chi connectivity index (χ0n) is 27.4. The second kappa shape index (κ2) is 15.0. The Labute approximate surface area is 271 Å². The number of hydrogen-bond donors (Lipinski definition) is 0. The van der Waals surface area contributed by atoms with Crippen LogP contribution in [0.2, 0.25) is 25.7 Å². The molecule has 46 heavy (non-hydrogen) atoms. The number of ether oxygens (including phenoxy) is 3. The predicted molar refractivity (Wildman–Crippen MR) is 179 cm³/mol. The summed E-state index contributed by atoms with van der Waals surface area (Å²) in [6.45, 7) is 11.8. The number of piperidine rings is 1. The highest BCUT2D eigenvalue weighted by atomic mass is 28.3. The van der Waals surface area contributed by atoms with E-state index in [2.05, 4.69) is 40.7 Å². The van der Waals surface area contributed by atoms with E-state index < -0.39 is 14.0 Å². The first kappa shape index (κ1) is 33.2. The molecule has 1 fully saturated rings. The molecule has 4 aromatic rings. The fourth-order valence-electron chi connectivity index (χ4n) is 5.41. The van der Waals surface area contributed by atoms with Gasteiger partial charge in [-0.25, -0.2) is 9.67 Å². The van der Waals surface area contributed by atoms with Gasteiger partial charge in [0.05, 0.1) is 11.2 Å². The van der Waals surface area contributed by atoms with E-state index in [0.717, 1.165) is 72.9 Å². The van der Waals surface area contributed by atoms with Crippen LogP contribution >= 0.6 is 0 Å². The van der Waals surface area contributed by atoms with Crippen molar-refractivity contribution in [3.63, 3.8) is 0 Å². The molecule has 244 valence electrons. The van der Waals surface area contributed by atoms with Gasteiger partial charge in [-0.1, -0.05) is 19.6 Å². The molecule has 0 N–H and O–H groups in total. The van der Waals surface area contributed by atoms with Crippen LogP contribution in [-0.2, 0) is 32.3 Å². The molecular formula is C34H44N6O5Si. The van der Waals surface area contributed by atoms with Crippen molar-refractivity contribution in [3.05, 3.63) is 66.6 Å². The lowest BCUT2D eigenvalue weighted by Gasteiger charge is -2.36. The van der Waals surface area contributed by atoms with E-state index in [1.807, 2.05) is 47.3 Å². The van der Waals surface area contributed by atoms with Crippen molar-refractivity contribution in [2.24, 2.45) is 0 Å². The van der Waals surface area contributed by atoms with Crippen LogP contribution in [0.3, 0.4) is 0 Å². The molecule has 4 heterocycles. The van der Waals surface area contributed by atoms with Gasteiger partial charge in [0.1, 0.15) is 12.5 Å². The van der Waals surface area contributed by atoms with Crippen LogP contribution in [0.15, 0.2) is 61.1 Å². The first-order valence-electron chi connectivity index (χ1n) is 15.8. The largest absolute Gasteiger partial charge is 0.456 e. The number of benzene rings is 1. The average molecular weight is 645 g/mol. The highest BCUT2D eigenvalue weighted by molar-refractivity contribution is 6.76. The minimum absolute atomic E-state index is 0.144. The molecule has 0 saturated carbocycles. The number of esters is 1. The first-order chi connectivity index (χ1) is 22.0. The van der Waals surface area contributed by atoms with E-state index in [9.17, 15) is 9.59 Å². The first-order valence-corrected chi connectivity index (χ1v) is 19.5. The number of likely N-dealkylation sites (N-methyl/N-ethyl adjacent to an activating group) is 1. The minimum atomic E-state index is -1.14. The van der Waals surface area contributed by atoms with Crippen LogP contribution in [0.4, 0.5) is 0 Å². The Bertz CT molecular complexity index is 1630. The second-order valence-corrected chi connectivity index (χ2v) is 18.7. The lowest BCUT2D eigenvalue weighted by molar-refractivity contribution is -0.151. The van der Waals surface area contributed by atoms with Crippen molar-refractivity contribution in [2.75, 3.05) is 33.4 Å². The molecule has 12 heteroatoms. The lowest BCUT2D eigenvalue weighted by atomic mass is 10.0. The molecule has 1 aliphatic heterocycles. The predicted octanol–water partition coefficient (Wildman–Crippen LogP) is 5.58. The van der Waals surface area contributed by atoms with Crippen LogP contribution in [0, 0.1) is 0 Å². The number of fused-ring (bicyclic) bond motifs is 1. The maximum atomic E-state index is 12.3. The van der Waals surface area contributed by atoms with Crippen molar-refractivity contribution in [1.82, 2.24) is 29.5 Å². The van der Waals surface area contributed by atoms with Gasteiger partial charge in [0.25, 0.3) is 5.91 Å². The smallest absolute Gasteiger partial charge is 0.303 e. The Morgan fingerprint density at radius 2 is 1.83 bits per heavy atom. The van der Waals surface area contributed by atoms with Crippen molar-refractivity contribution in [3.8, 4) is 22.9 Å². The monoisotopic (exact) mass is 644 g/mol. The molecule has 1 aliphatic rings. The minimum Gasteiger partial charge on any atom is -0.456 e. The van der Waals surface area contributed by atoms with Crippen molar-refractivity contribution in [1.29, 1.82) is 0 Å². The molecule has 0 atom stereocenters. The van der Waals surface area contributed by atoms with Gasteiger partial charge in [-0.2, -0.15) is 5.10 Å². The highest BCUT2D eigenvalue weighted by Gasteiger charge is 2.26. The van der Waals surface area contributed by atoms with Gasteiger partial charge in [0.15, 0.2) is 6.61 Å². The number of amides is 1. The molecule has 0 spiro atoms. The summed E-state index contributed by atoms with van der Waals surface area (Å²) in [4.78, 5) is 36.7. The number of pyridine rings is 2.